The van der Waals surface area contributed by atoms with Crippen molar-refractivity contribution in [1.29, 1.82) is 0 Å². The number of hydrogen-bond acceptors (Lipinski definition) is 3. The Bertz CT molecular complexity index is 502. The summed E-state index contributed by atoms with van der Waals surface area (Å²) in [6, 6.07) is 1.60. The van der Waals surface area contributed by atoms with Gasteiger partial charge in [0.05, 0.1) is 22.1 Å². The van der Waals surface area contributed by atoms with Gasteiger partial charge in [-0.2, -0.15) is 0 Å². The lowest BCUT2D eigenvalue weighted by molar-refractivity contribution is 0.597. The molecule has 16 heavy (non-hydrogen) atoms. The van der Waals surface area contributed by atoms with Crippen molar-refractivity contribution in [2.45, 2.75) is 12.8 Å². The maximum absolute atomic E-state index is 11.7. The first kappa shape index (κ1) is 12.1. The fourth-order valence-corrected chi connectivity index (χ4v) is 3.25. The van der Waals surface area contributed by atoms with E-state index in [0.717, 1.165) is 12.8 Å². The zero-order valence-electron chi connectivity index (χ0n) is 8.28. The van der Waals surface area contributed by atoms with E-state index in [0.29, 0.717) is 21.2 Å². The molecule has 0 aliphatic heterocycles. The van der Waals surface area contributed by atoms with Crippen molar-refractivity contribution < 1.29 is 8.42 Å². The lowest BCUT2D eigenvalue weighted by Gasteiger charge is -2.07. The Labute approximate surface area is 108 Å². The summed E-state index contributed by atoms with van der Waals surface area (Å²) in [7, 11) is -3.25. The van der Waals surface area contributed by atoms with Gasteiger partial charge in [0.25, 0.3) is 0 Å². The molecule has 88 valence electrons. The molecule has 4 nitrogen and oxygen atoms in total. The molecule has 1 fully saturated rings. The van der Waals surface area contributed by atoms with Crippen LogP contribution in [0.5, 0.6) is 0 Å². The van der Waals surface area contributed by atoms with E-state index in [4.69, 9.17) is 11.6 Å². The van der Waals surface area contributed by atoms with Crippen LogP contribution in [0.25, 0.3) is 0 Å². The van der Waals surface area contributed by atoms with Crippen molar-refractivity contribution in [3.05, 3.63) is 21.9 Å². The molecule has 0 spiro atoms. The van der Waals surface area contributed by atoms with Gasteiger partial charge in [-0.25, -0.2) is 13.4 Å². The molecule has 1 heterocycles. The van der Waals surface area contributed by atoms with Crippen molar-refractivity contribution in [2.75, 3.05) is 10.5 Å². The molecular weight excluding hydrogens is 316 g/mol. The second-order valence-corrected chi connectivity index (χ2v) is 6.80. The summed E-state index contributed by atoms with van der Waals surface area (Å²) < 4.78 is 26.4. The Hall–Kier alpha value is -0.330. The molecule has 1 aliphatic rings. The van der Waals surface area contributed by atoms with Crippen molar-refractivity contribution in [1.82, 2.24) is 4.98 Å². The van der Waals surface area contributed by atoms with E-state index in [-0.39, 0.29) is 5.75 Å². The maximum Gasteiger partial charge on any atom is 0.233 e. The van der Waals surface area contributed by atoms with Crippen molar-refractivity contribution >= 4 is 43.2 Å². The third-order valence-corrected chi connectivity index (χ3v) is 4.81. The lowest BCUT2D eigenvalue weighted by Crippen LogP contribution is -2.17. The number of anilines is 1. The normalized spacial score (nSPS) is 16.1. The van der Waals surface area contributed by atoms with Gasteiger partial charge in [-0.05, 0) is 40.8 Å². The van der Waals surface area contributed by atoms with Crippen molar-refractivity contribution in [3.8, 4) is 0 Å². The number of nitrogens with one attached hydrogen (secondary N) is 1. The minimum absolute atomic E-state index is 0.188. The van der Waals surface area contributed by atoms with Crippen LogP contribution >= 0.6 is 27.5 Å². The van der Waals surface area contributed by atoms with E-state index in [1.807, 2.05) is 0 Å². The van der Waals surface area contributed by atoms with Crippen LogP contribution in [0.4, 0.5) is 5.69 Å². The Morgan fingerprint density at radius 3 is 2.81 bits per heavy atom. The van der Waals surface area contributed by atoms with Gasteiger partial charge in [0.1, 0.15) is 5.15 Å². The molecule has 0 unspecified atom stereocenters. The number of pyridine rings is 1. The summed E-state index contributed by atoms with van der Waals surface area (Å²) in [5.74, 6) is 0.508. The highest BCUT2D eigenvalue weighted by atomic mass is 79.9. The highest BCUT2D eigenvalue weighted by Gasteiger charge is 2.28. The van der Waals surface area contributed by atoms with Gasteiger partial charge < -0.3 is 0 Å². The average molecular weight is 326 g/mol. The van der Waals surface area contributed by atoms with Crippen LogP contribution in [0.1, 0.15) is 12.8 Å². The molecule has 0 aromatic carbocycles. The van der Waals surface area contributed by atoms with E-state index in [1.165, 1.54) is 6.20 Å². The van der Waals surface area contributed by atoms with Gasteiger partial charge in [-0.3, -0.25) is 4.72 Å². The molecule has 2 rings (SSSR count). The van der Waals surface area contributed by atoms with E-state index in [1.54, 1.807) is 6.07 Å². The largest absolute Gasteiger partial charge is 0.282 e. The highest BCUT2D eigenvalue weighted by molar-refractivity contribution is 9.10. The SMILES string of the molecule is O=S(=O)(CC1CC1)Nc1cnc(Cl)c(Br)c1. The van der Waals surface area contributed by atoms with Crippen molar-refractivity contribution in [2.24, 2.45) is 5.92 Å². The van der Waals surface area contributed by atoms with Gasteiger partial charge in [0.15, 0.2) is 0 Å². The van der Waals surface area contributed by atoms with E-state index in [9.17, 15) is 8.42 Å². The van der Waals surface area contributed by atoms with Gasteiger partial charge in [-0.15, -0.1) is 0 Å². The number of nitrogens with zero attached hydrogens (tertiary/aromatic N) is 1. The highest BCUT2D eigenvalue weighted by Crippen LogP contribution is 2.31. The monoisotopic (exact) mass is 324 g/mol. The van der Waals surface area contributed by atoms with E-state index in [2.05, 4.69) is 25.6 Å². The van der Waals surface area contributed by atoms with Gasteiger partial charge >= 0.3 is 0 Å². The third kappa shape index (κ3) is 3.33. The van der Waals surface area contributed by atoms with Crippen LogP contribution in [0.3, 0.4) is 0 Å². The summed E-state index contributed by atoms with van der Waals surface area (Å²) in [6.45, 7) is 0. The quantitative estimate of drug-likeness (QED) is 0.866. The zero-order chi connectivity index (χ0) is 11.8. The molecule has 1 N–H and O–H groups in total. The van der Waals surface area contributed by atoms with Gasteiger partial charge in [0, 0.05) is 0 Å². The molecule has 0 amide bonds. The fraction of sp³-hybridized carbons (Fsp3) is 0.444. The number of hydrogen-bond donors (Lipinski definition) is 1. The second-order valence-electron chi connectivity index (χ2n) is 3.82. The molecule has 7 heteroatoms. The van der Waals surface area contributed by atoms with Crippen molar-refractivity contribution in [3.63, 3.8) is 0 Å². The molecule has 1 aromatic rings. The van der Waals surface area contributed by atoms with Crippen LogP contribution in [0, 0.1) is 5.92 Å². The van der Waals surface area contributed by atoms with Crippen LogP contribution in [0.2, 0.25) is 5.15 Å². The summed E-state index contributed by atoms with van der Waals surface area (Å²) in [4.78, 5) is 3.85. The molecule has 1 saturated carbocycles. The molecule has 1 aliphatic carbocycles. The summed E-state index contributed by atoms with van der Waals surface area (Å²) >= 11 is 8.90. The van der Waals surface area contributed by atoms with E-state index >= 15 is 0 Å². The smallest absolute Gasteiger partial charge is 0.233 e. The van der Waals surface area contributed by atoms with Crippen LogP contribution < -0.4 is 4.72 Å². The lowest BCUT2D eigenvalue weighted by atomic mass is 10.4. The third-order valence-electron chi connectivity index (χ3n) is 2.22. The Balaban J connectivity index is 2.10. The number of sulfonamides is 1. The zero-order valence-corrected chi connectivity index (χ0v) is 11.4. The summed E-state index contributed by atoms with van der Waals surface area (Å²) in [6.07, 6.45) is 3.41. The predicted octanol–water partition coefficient (Wildman–Crippen LogP) is 2.65. The average Bonchev–Trinajstić information content (AvgIpc) is 2.94. The summed E-state index contributed by atoms with van der Waals surface area (Å²) in [5.41, 5.74) is 0.428. The standard InChI is InChI=1S/C9H10BrClN2O2S/c10-8-3-7(4-12-9(8)11)13-16(14,15)5-6-1-2-6/h3-4,6,13H,1-2,5H2. The minimum atomic E-state index is -3.25. The number of aromatic nitrogens is 1. The van der Waals surface area contributed by atoms with Gasteiger partial charge in [-0.1, -0.05) is 11.6 Å². The summed E-state index contributed by atoms with van der Waals surface area (Å²) in [5, 5.41) is 0.310. The van der Waals surface area contributed by atoms with Crippen LogP contribution in [-0.2, 0) is 10.0 Å². The molecule has 0 radical (unpaired) electrons. The molecule has 0 atom stereocenters. The molecule has 0 bridgehead atoms. The number of halogens is 2. The van der Waals surface area contributed by atoms with Gasteiger partial charge in [0.2, 0.25) is 10.0 Å². The fourth-order valence-electron chi connectivity index (χ4n) is 1.29. The first-order valence-corrected chi connectivity index (χ1v) is 7.60. The van der Waals surface area contributed by atoms with Crippen LogP contribution in [0.15, 0.2) is 16.7 Å². The molecule has 0 saturated heterocycles. The maximum atomic E-state index is 11.7. The minimum Gasteiger partial charge on any atom is -0.282 e. The first-order chi connectivity index (χ1) is 7.46. The number of rotatable bonds is 4. The second kappa shape index (κ2) is 4.50. The first-order valence-electron chi connectivity index (χ1n) is 4.78. The van der Waals surface area contributed by atoms with E-state index < -0.39 is 10.0 Å². The Kier molecular flexibility index (Phi) is 3.42. The Morgan fingerprint density at radius 1 is 1.56 bits per heavy atom. The predicted molar refractivity (Wildman–Crippen MR) is 67.1 cm³/mol. The topological polar surface area (TPSA) is 59.1 Å². The van der Waals surface area contributed by atoms with Crippen LogP contribution in [-0.4, -0.2) is 19.2 Å². The molecule has 1 aromatic heterocycles. The molecular formula is C9H10BrClN2O2S. The Morgan fingerprint density at radius 2 is 2.25 bits per heavy atom.